The summed E-state index contributed by atoms with van der Waals surface area (Å²) >= 11 is 0. The van der Waals surface area contributed by atoms with Crippen molar-refractivity contribution in [1.82, 2.24) is 9.97 Å². The molecule has 1 saturated carbocycles. The highest BCUT2D eigenvalue weighted by molar-refractivity contribution is 5.38. The summed E-state index contributed by atoms with van der Waals surface area (Å²) in [5, 5.41) is 0. The van der Waals surface area contributed by atoms with Crippen LogP contribution in [0.25, 0.3) is 0 Å². The molecule has 0 bridgehead atoms. The fourth-order valence-electron chi connectivity index (χ4n) is 2.29. The van der Waals surface area contributed by atoms with Crippen LogP contribution < -0.4 is 4.90 Å². The predicted molar refractivity (Wildman–Crippen MR) is 62.0 cm³/mol. The Morgan fingerprint density at radius 2 is 1.93 bits per heavy atom. The Morgan fingerprint density at radius 3 is 2.60 bits per heavy atom. The molecule has 2 rings (SSSR count). The third kappa shape index (κ3) is 2.46. The summed E-state index contributed by atoms with van der Waals surface area (Å²) in [6, 6.07) is 2.74. The Morgan fingerprint density at radius 1 is 1.20 bits per heavy atom. The minimum Gasteiger partial charge on any atom is -0.357 e. The van der Waals surface area contributed by atoms with Crippen molar-refractivity contribution < 1.29 is 0 Å². The zero-order valence-electron chi connectivity index (χ0n) is 9.61. The first-order valence-corrected chi connectivity index (χ1v) is 5.79. The van der Waals surface area contributed by atoms with Gasteiger partial charge in [0.15, 0.2) is 0 Å². The molecule has 1 aliphatic rings. The Labute approximate surface area is 91.5 Å². The number of nitrogens with zero attached hydrogens (tertiary/aromatic N) is 3. The lowest BCUT2D eigenvalue weighted by atomic mass is 9.94. The van der Waals surface area contributed by atoms with E-state index in [0.717, 1.165) is 11.5 Å². The minimum absolute atomic E-state index is 0.674. The van der Waals surface area contributed by atoms with Crippen LogP contribution in [0.5, 0.6) is 0 Å². The maximum atomic E-state index is 4.33. The van der Waals surface area contributed by atoms with Gasteiger partial charge in [-0.1, -0.05) is 19.3 Å². The van der Waals surface area contributed by atoms with Crippen LogP contribution in [0.3, 0.4) is 0 Å². The Balaban J connectivity index is 2.08. The van der Waals surface area contributed by atoms with E-state index in [-0.39, 0.29) is 0 Å². The molecule has 0 aliphatic heterocycles. The van der Waals surface area contributed by atoms with Crippen LogP contribution in [-0.2, 0) is 0 Å². The van der Waals surface area contributed by atoms with Crippen LogP contribution in [0.15, 0.2) is 12.4 Å². The lowest BCUT2D eigenvalue weighted by Crippen LogP contribution is -2.33. The van der Waals surface area contributed by atoms with E-state index >= 15 is 0 Å². The zero-order valence-corrected chi connectivity index (χ0v) is 9.61. The van der Waals surface area contributed by atoms with Gasteiger partial charge in [0.2, 0.25) is 0 Å². The average Bonchev–Trinajstić information content (AvgIpc) is 2.29. The summed E-state index contributed by atoms with van der Waals surface area (Å²) in [4.78, 5) is 10.8. The third-order valence-electron chi connectivity index (χ3n) is 3.27. The van der Waals surface area contributed by atoms with Gasteiger partial charge in [0.1, 0.15) is 12.1 Å². The van der Waals surface area contributed by atoms with E-state index in [0.29, 0.717) is 6.04 Å². The SMILES string of the molecule is Cc1cc(N(C)C2CCCCC2)ncn1. The van der Waals surface area contributed by atoms with Gasteiger partial charge in [-0.3, -0.25) is 0 Å². The van der Waals surface area contributed by atoms with E-state index in [1.54, 1.807) is 6.33 Å². The van der Waals surface area contributed by atoms with E-state index in [9.17, 15) is 0 Å². The number of aryl methyl sites for hydroxylation is 1. The molecule has 0 saturated heterocycles. The van der Waals surface area contributed by atoms with Gasteiger partial charge < -0.3 is 4.90 Å². The molecule has 3 nitrogen and oxygen atoms in total. The molecular formula is C12H19N3. The summed E-state index contributed by atoms with van der Waals surface area (Å²) in [5.74, 6) is 1.06. The van der Waals surface area contributed by atoms with E-state index in [1.165, 1.54) is 32.1 Å². The van der Waals surface area contributed by atoms with Crippen molar-refractivity contribution in [3.8, 4) is 0 Å². The second kappa shape index (κ2) is 4.60. The van der Waals surface area contributed by atoms with Crippen molar-refractivity contribution in [3.05, 3.63) is 18.1 Å². The Kier molecular flexibility index (Phi) is 3.19. The Hall–Kier alpha value is -1.12. The Bertz CT molecular complexity index is 318. The number of anilines is 1. The average molecular weight is 205 g/mol. The number of rotatable bonds is 2. The van der Waals surface area contributed by atoms with Crippen LogP contribution in [0, 0.1) is 6.92 Å². The molecule has 0 atom stereocenters. The van der Waals surface area contributed by atoms with Gasteiger partial charge in [-0.2, -0.15) is 0 Å². The molecule has 0 amide bonds. The van der Waals surface area contributed by atoms with Gasteiger partial charge in [-0.15, -0.1) is 0 Å². The molecule has 0 spiro atoms. The second-order valence-corrected chi connectivity index (χ2v) is 4.42. The molecule has 0 aromatic carbocycles. The van der Waals surface area contributed by atoms with E-state index in [4.69, 9.17) is 0 Å². The number of aromatic nitrogens is 2. The van der Waals surface area contributed by atoms with Crippen LogP contribution >= 0.6 is 0 Å². The normalized spacial score (nSPS) is 17.7. The van der Waals surface area contributed by atoms with Crippen molar-refractivity contribution in [2.75, 3.05) is 11.9 Å². The fraction of sp³-hybridized carbons (Fsp3) is 0.667. The summed E-state index contributed by atoms with van der Waals surface area (Å²) in [6.45, 7) is 2.01. The highest BCUT2D eigenvalue weighted by atomic mass is 15.2. The molecule has 0 N–H and O–H groups in total. The summed E-state index contributed by atoms with van der Waals surface area (Å²) in [5.41, 5.74) is 1.04. The van der Waals surface area contributed by atoms with Crippen LogP contribution in [0.1, 0.15) is 37.8 Å². The first kappa shape index (κ1) is 10.4. The molecule has 1 aromatic heterocycles. The lowest BCUT2D eigenvalue weighted by molar-refractivity contribution is 0.426. The summed E-state index contributed by atoms with van der Waals surface area (Å²) in [6.07, 6.45) is 8.38. The molecule has 1 aromatic rings. The molecule has 0 unspecified atom stereocenters. The first-order chi connectivity index (χ1) is 7.27. The summed E-state index contributed by atoms with van der Waals surface area (Å²) < 4.78 is 0. The van der Waals surface area contributed by atoms with Gasteiger partial charge >= 0.3 is 0 Å². The molecule has 0 radical (unpaired) electrons. The van der Waals surface area contributed by atoms with Crippen LogP contribution in [0.2, 0.25) is 0 Å². The molecule has 82 valence electrons. The highest BCUT2D eigenvalue weighted by Gasteiger charge is 2.18. The van der Waals surface area contributed by atoms with Gasteiger partial charge in [0, 0.05) is 24.8 Å². The van der Waals surface area contributed by atoms with Gasteiger partial charge in [-0.05, 0) is 19.8 Å². The van der Waals surface area contributed by atoms with Crippen molar-refractivity contribution in [1.29, 1.82) is 0 Å². The van der Waals surface area contributed by atoms with Gasteiger partial charge in [-0.25, -0.2) is 9.97 Å². The molecular weight excluding hydrogens is 186 g/mol. The zero-order chi connectivity index (χ0) is 10.7. The van der Waals surface area contributed by atoms with Gasteiger partial charge in [0.05, 0.1) is 0 Å². The topological polar surface area (TPSA) is 29.0 Å². The van der Waals surface area contributed by atoms with Gasteiger partial charge in [0.25, 0.3) is 0 Å². The van der Waals surface area contributed by atoms with E-state index in [2.05, 4.69) is 28.0 Å². The number of hydrogen-bond acceptors (Lipinski definition) is 3. The molecule has 15 heavy (non-hydrogen) atoms. The third-order valence-corrected chi connectivity index (χ3v) is 3.27. The molecule has 3 heteroatoms. The quantitative estimate of drug-likeness (QED) is 0.743. The van der Waals surface area contributed by atoms with Crippen LogP contribution in [0.4, 0.5) is 5.82 Å². The van der Waals surface area contributed by atoms with Crippen molar-refractivity contribution in [2.24, 2.45) is 0 Å². The maximum Gasteiger partial charge on any atom is 0.132 e. The molecule has 1 heterocycles. The molecule has 1 aliphatic carbocycles. The lowest BCUT2D eigenvalue weighted by Gasteiger charge is -2.32. The van der Waals surface area contributed by atoms with E-state index in [1.807, 2.05) is 6.92 Å². The second-order valence-electron chi connectivity index (χ2n) is 4.42. The maximum absolute atomic E-state index is 4.33. The van der Waals surface area contributed by atoms with Crippen molar-refractivity contribution >= 4 is 5.82 Å². The minimum atomic E-state index is 0.674. The largest absolute Gasteiger partial charge is 0.357 e. The van der Waals surface area contributed by atoms with E-state index < -0.39 is 0 Å². The fourth-order valence-corrected chi connectivity index (χ4v) is 2.29. The van der Waals surface area contributed by atoms with Crippen molar-refractivity contribution in [3.63, 3.8) is 0 Å². The van der Waals surface area contributed by atoms with Crippen LogP contribution in [-0.4, -0.2) is 23.1 Å². The monoisotopic (exact) mass is 205 g/mol. The first-order valence-electron chi connectivity index (χ1n) is 5.79. The number of hydrogen-bond donors (Lipinski definition) is 0. The standard InChI is InChI=1S/C12H19N3/c1-10-8-12(14-9-13-10)15(2)11-6-4-3-5-7-11/h8-9,11H,3-7H2,1-2H3. The summed E-state index contributed by atoms with van der Waals surface area (Å²) in [7, 11) is 2.15. The highest BCUT2D eigenvalue weighted by Crippen LogP contribution is 2.24. The predicted octanol–water partition coefficient (Wildman–Crippen LogP) is 2.55. The smallest absolute Gasteiger partial charge is 0.132 e. The molecule has 1 fully saturated rings. The van der Waals surface area contributed by atoms with Crippen molar-refractivity contribution in [2.45, 2.75) is 45.1 Å².